The van der Waals surface area contributed by atoms with Crippen molar-refractivity contribution in [2.24, 2.45) is 0 Å². The molecule has 0 spiro atoms. The topological polar surface area (TPSA) is 86.7 Å². The molecular formula is C7H6NO5-. The van der Waals surface area contributed by atoms with Gasteiger partial charge in [0.15, 0.2) is 0 Å². The monoisotopic (exact) mass is 184 g/mol. The summed E-state index contributed by atoms with van der Waals surface area (Å²) in [6.07, 6.45) is 0.868. The summed E-state index contributed by atoms with van der Waals surface area (Å²) in [5.41, 5.74) is 0. The van der Waals surface area contributed by atoms with Gasteiger partial charge in [0.25, 0.3) is 11.8 Å². The van der Waals surface area contributed by atoms with Crippen molar-refractivity contribution in [3.8, 4) is 0 Å². The second-order valence-corrected chi connectivity index (χ2v) is 2.29. The summed E-state index contributed by atoms with van der Waals surface area (Å²) in [4.78, 5) is 36.6. The molecule has 70 valence electrons. The Kier molecular flexibility index (Phi) is 2.63. The first-order valence-electron chi connectivity index (χ1n) is 3.51. The third kappa shape index (κ3) is 2.05. The molecule has 1 aliphatic rings. The zero-order valence-electron chi connectivity index (χ0n) is 6.56. The molecule has 1 aliphatic heterocycles. The lowest BCUT2D eigenvalue weighted by atomic mass is 10.4. The second-order valence-electron chi connectivity index (χ2n) is 2.29. The van der Waals surface area contributed by atoms with Gasteiger partial charge < -0.3 is 9.94 Å². The first kappa shape index (κ1) is 9.24. The maximum atomic E-state index is 10.9. The molecule has 1 saturated heterocycles. The van der Waals surface area contributed by atoms with Crippen molar-refractivity contribution in [2.75, 3.05) is 0 Å². The molecule has 0 radical (unpaired) electrons. The van der Waals surface area contributed by atoms with Crippen LogP contribution in [0.1, 0.15) is 12.8 Å². The van der Waals surface area contributed by atoms with Gasteiger partial charge in [-0.15, -0.1) is 11.3 Å². The van der Waals surface area contributed by atoms with Gasteiger partial charge in [-0.3, -0.25) is 9.59 Å². The van der Waals surface area contributed by atoms with Gasteiger partial charge in [-0.25, -0.2) is 4.79 Å². The Morgan fingerprint density at radius 2 is 1.92 bits per heavy atom. The predicted octanol–water partition coefficient (Wildman–Crippen LogP) is -1.53. The van der Waals surface area contributed by atoms with Crippen LogP contribution in [0.3, 0.4) is 0 Å². The first-order valence-corrected chi connectivity index (χ1v) is 3.51. The van der Waals surface area contributed by atoms with Gasteiger partial charge in [-0.1, -0.05) is 0 Å². The van der Waals surface area contributed by atoms with Crippen LogP contribution in [0.4, 0.5) is 0 Å². The van der Waals surface area contributed by atoms with Gasteiger partial charge >= 0.3 is 5.97 Å². The molecule has 6 heteroatoms. The largest absolute Gasteiger partial charge is 0.878 e. The van der Waals surface area contributed by atoms with Crippen molar-refractivity contribution in [3.63, 3.8) is 0 Å². The van der Waals surface area contributed by atoms with Crippen molar-refractivity contribution in [1.29, 1.82) is 0 Å². The van der Waals surface area contributed by atoms with Crippen LogP contribution in [0.2, 0.25) is 0 Å². The molecule has 1 heterocycles. The number of nitrogens with zero attached hydrogens (tertiary/aromatic N) is 1. The average Bonchev–Trinajstić information content (AvgIpc) is 2.36. The van der Waals surface area contributed by atoms with Gasteiger partial charge in [0.2, 0.25) is 0 Å². The van der Waals surface area contributed by atoms with Gasteiger partial charge in [0.1, 0.15) is 0 Å². The summed E-state index contributed by atoms with van der Waals surface area (Å²) in [7, 11) is 0. The molecule has 1 fully saturated rings. The molecule has 0 aromatic carbocycles. The molecule has 0 atom stereocenters. The molecule has 6 nitrogen and oxygen atoms in total. The van der Waals surface area contributed by atoms with Crippen LogP contribution in [0.15, 0.2) is 12.3 Å². The lowest BCUT2D eigenvalue weighted by molar-refractivity contribution is -0.275. The highest BCUT2D eigenvalue weighted by Gasteiger charge is 2.32. The van der Waals surface area contributed by atoms with Crippen molar-refractivity contribution >= 4 is 17.8 Å². The van der Waals surface area contributed by atoms with E-state index in [-0.39, 0.29) is 19.1 Å². The first-order chi connectivity index (χ1) is 6.15. The van der Waals surface area contributed by atoms with Crippen LogP contribution in [0.5, 0.6) is 0 Å². The van der Waals surface area contributed by atoms with E-state index in [1.54, 1.807) is 0 Å². The van der Waals surface area contributed by atoms with E-state index < -0.39 is 17.8 Å². The lowest BCUT2D eigenvalue weighted by Crippen LogP contribution is -2.31. The SMILES string of the molecule is O=C(C=C[O-])ON1C(=O)CCC1=O. The van der Waals surface area contributed by atoms with E-state index in [1.165, 1.54) is 0 Å². The van der Waals surface area contributed by atoms with E-state index in [2.05, 4.69) is 4.84 Å². The van der Waals surface area contributed by atoms with Gasteiger partial charge in [-0.2, -0.15) is 0 Å². The van der Waals surface area contributed by atoms with Crippen molar-refractivity contribution in [3.05, 3.63) is 12.3 Å². The van der Waals surface area contributed by atoms with Crippen molar-refractivity contribution in [1.82, 2.24) is 5.06 Å². The summed E-state index contributed by atoms with van der Waals surface area (Å²) in [5.74, 6) is -2.17. The summed E-state index contributed by atoms with van der Waals surface area (Å²) < 4.78 is 0. The van der Waals surface area contributed by atoms with Crippen LogP contribution >= 0.6 is 0 Å². The van der Waals surface area contributed by atoms with E-state index in [4.69, 9.17) is 0 Å². The van der Waals surface area contributed by atoms with Crippen LogP contribution in [-0.2, 0) is 19.2 Å². The Bertz CT molecular complexity index is 267. The number of carbonyl (C=O) groups excluding carboxylic acids is 3. The molecule has 2 amide bonds. The Morgan fingerprint density at radius 3 is 2.38 bits per heavy atom. The molecule has 0 aromatic rings. The van der Waals surface area contributed by atoms with Crippen LogP contribution in [-0.4, -0.2) is 22.8 Å². The maximum absolute atomic E-state index is 10.9. The summed E-state index contributed by atoms with van der Waals surface area (Å²) in [5, 5.41) is 10.2. The third-order valence-electron chi connectivity index (χ3n) is 1.39. The fraction of sp³-hybridized carbons (Fsp3) is 0.286. The minimum absolute atomic E-state index is 0.0349. The van der Waals surface area contributed by atoms with E-state index in [0.717, 1.165) is 0 Å². The van der Waals surface area contributed by atoms with E-state index in [9.17, 15) is 19.5 Å². The number of carbonyl (C=O) groups is 3. The molecule has 1 rings (SSSR count). The normalized spacial score (nSPS) is 17.1. The number of hydroxylamine groups is 2. The molecule has 0 unspecified atom stereocenters. The quantitative estimate of drug-likeness (QED) is 0.295. The predicted molar refractivity (Wildman–Crippen MR) is 36.3 cm³/mol. The fourth-order valence-corrected chi connectivity index (χ4v) is 0.834. The highest BCUT2D eigenvalue weighted by atomic mass is 16.7. The third-order valence-corrected chi connectivity index (χ3v) is 1.39. The molecule has 13 heavy (non-hydrogen) atoms. The number of imide groups is 1. The zero-order valence-corrected chi connectivity index (χ0v) is 6.56. The Balaban J connectivity index is 2.57. The van der Waals surface area contributed by atoms with Gasteiger partial charge in [0.05, 0.1) is 0 Å². The zero-order chi connectivity index (χ0) is 9.84. The summed E-state index contributed by atoms with van der Waals surface area (Å²) >= 11 is 0. The molecule has 0 aliphatic carbocycles. The number of hydrogen-bond acceptors (Lipinski definition) is 5. The second kappa shape index (κ2) is 3.70. The molecule has 0 aromatic heterocycles. The highest BCUT2D eigenvalue weighted by molar-refractivity contribution is 6.02. The molecular weight excluding hydrogens is 178 g/mol. The minimum atomic E-state index is -1.03. The Hall–Kier alpha value is -1.85. The molecule has 0 N–H and O–H groups in total. The highest BCUT2D eigenvalue weighted by Crippen LogP contribution is 2.11. The number of hydrogen-bond donors (Lipinski definition) is 0. The van der Waals surface area contributed by atoms with Crippen LogP contribution in [0, 0.1) is 0 Å². The van der Waals surface area contributed by atoms with Crippen molar-refractivity contribution in [2.45, 2.75) is 12.8 Å². The van der Waals surface area contributed by atoms with E-state index in [0.29, 0.717) is 11.1 Å². The van der Waals surface area contributed by atoms with Gasteiger partial charge in [-0.05, 0) is 0 Å². The smallest absolute Gasteiger partial charge is 0.355 e. The summed E-state index contributed by atoms with van der Waals surface area (Å²) in [6, 6.07) is 0. The number of amides is 2. The lowest BCUT2D eigenvalue weighted by Gasteiger charge is -2.10. The van der Waals surface area contributed by atoms with Crippen LogP contribution < -0.4 is 5.11 Å². The van der Waals surface area contributed by atoms with Crippen molar-refractivity contribution < 1.29 is 24.3 Å². The minimum Gasteiger partial charge on any atom is -0.878 e. The number of rotatable bonds is 2. The van der Waals surface area contributed by atoms with E-state index >= 15 is 0 Å². The Morgan fingerprint density at radius 1 is 1.38 bits per heavy atom. The Labute approximate surface area is 73.3 Å². The fourth-order valence-electron chi connectivity index (χ4n) is 0.834. The van der Waals surface area contributed by atoms with Crippen LogP contribution in [0.25, 0.3) is 0 Å². The average molecular weight is 184 g/mol. The molecule has 0 saturated carbocycles. The van der Waals surface area contributed by atoms with Gasteiger partial charge in [0, 0.05) is 18.9 Å². The molecule has 0 bridgehead atoms. The summed E-state index contributed by atoms with van der Waals surface area (Å²) in [6.45, 7) is 0. The van der Waals surface area contributed by atoms with E-state index in [1.807, 2.05) is 0 Å². The standard InChI is InChI=1S/C7H7NO5/c9-4-3-7(12)13-8-5(10)1-2-6(8)11/h3-4,9H,1-2H2/p-1. The maximum Gasteiger partial charge on any atom is 0.355 e.